The molecule has 0 bridgehead atoms. The van der Waals surface area contributed by atoms with Gasteiger partial charge in [-0.3, -0.25) is 0 Å². The quantitative estimate of drug-likeness (QED) is 0.507. The molecule has 0 spiro atoms. The summed E-state index contributed by atoms with van der Waals surface area (Å²) >= 11 is 0. The lowest BCUT2D eigenvalue weighted by molar-refractivity contribution is -0.730. The predicted molar refractivity (Wildman–Crippen MR) is 77.8 cm³/mol. The maximum atomic E-state index is 10.9. The van der Waals surface area contributed by atoms with E-state index in [9.17, 15) is 4.91 Å². The van der Waals surface area contributed by atoms with Crippen molar-refractivity contribution in [1.82, 2.24) is 0 Å². The van der Waals surface area contributed by atoms with Crippen molar-refractivity contribution in [1.29, 1.82) is 0 Å². The third kappa shape index (κ3) is 3.33. The molecule has 2 aromatic rings. The van der Waals surface area contributed by atoms with Gasteiger partial charge in [0, 0.05) is 23.4 Å². The molecule has 21 heavy (non-hydrogen) atoms. The molecule has 0 aromatic heterocycles. The Morgan fingerprint density at radius 3 is 2.57 bits per heavy atom. The first kappa shape index (κ1) is 14.4. The van der Waals surface area contributed by atoms with Gasteiger partial charge in [-0.25, -0.2) is 5.21 Å². The first-order valence-corrected chi connectivity index (χ1v) is 6.13. The zero-order valence-corrected chi connectivity index (χ0v) is 11.6. The second kappa shape index (κ2) is 6.00. The van der Waals surface area contributed by atoms with Gasteiger partial charge in [0.2, 0.25) is 0 Å². The minimum absolute atomic E-state index is 0.166. The summed E-state index contributed by atoms with van der Waals surface area (Å²) in [5.41, 5.74) is 8.09. The Hall–Kier alpha value is -2.96. The van der Waals surface area contributed by atoms with Gasteiger partial charge < -0.3 is 10.5 Å². The van der Waals surface area contributed by atoms with Gasteiger partial charge in [0.15, 0.2) is 0 Å². The van der Waals surface area contributed by atoms with Gasteiger partial charge in [-0.15, -0.1) is 5.11 Å². The van der Waals surface area contributed by atoms with Crippen LogP contribution in [0.15, 0.2) is 46.6 Å². The van der Waals surface area contributed by atoms with Gasteiger partial charge in [-0.2, -0.15) is 5.11 Å². The molecular weight excluding hydrogens is 272 g/mol. The van der Waals surface area contributed by atoms with E-state index in [1.165, 1.54) is 13.2 Å². The van der Waals surface area contributed by atoms with Crippen LogP contribution in [0.25, 0.3) is 0 Å². The fourth-order valence-corrected chi connectivity index (χ4v) is 1.80. The molecule has 0 atom stereocenters. The van der Waals surface area contributed by atoms with Crippen LogP contribution < -0.4 is 10.5 Å². The molecule has 0 saturated heterocycles. The number of hydrogen-bond acceptors (Lipinski definition) is 5. The second-order valence-electron chi connectivity index (χ2n) is 4.38. The van der Waals surface area contributed by atoms with Gasteiger partial charge in [0.05, 0.1) is 17.7 Å². The van der Waals surface area contributed by atoms with E-state index in [0.717, 1.165) is 0 Å². The normalized spacial score (nSPS) is 10.8. The van der Waals surface area contributed by atoms with Crippen molar-refractivity contribution in [2.45, 2.75) is 6.92 Å². The number of methoxy groups -OCH3 is 1. The Morgan fingerprint density at radius 2 is 1.95 bits per heavy atom. The smallest absolute Gasteiger partial charge is 0.319 e. The van der Waals surface area contributed by atoms with Crippen LogP contribution in [-0.2, 0) is 0 Å². The molecule has 2 aromatic carbocycles. The highest BCUT2D eigenvalue weighted by molar-refractivity contribution is 5.59. The average molecular weight is 287 g/mol. The molecule has 0 unspecified atom stereocenters. The van der Waals surface area contributed by atoms with Crippen molar-refractivity contribution in [3.63, 3.8) is 0 Å². The van der Waals surface area contributed by atoms with E-state index >= 15 is 0 Å². The lowest BCUT2D eigenvalue weighted by Gasteiger charge is -2.04. The number of anilines is 1. The first-order valence-electron chi connectivity index (χ1n) is 6.13. The van der Waals surface area contributed by atoms with Crippen LogP contribution in [0.4, 0.5) is 22.7 Å². The summed E-state index contributed by atoms with van der Waals surface area (Å²) in [4.78, 5) is 10.7. The van der Waals surface area contributed by atoms with Gasteiger partial charge in [-0.05, 0) is 31.2 Å². The van der Waals surface area contributed by atoms with Crippen molar-refractivity contribution >= 4 is 22.7 Å². The van der Waals surface area contributed by atoms with E-state index in [1.807, 2.05) is 0 Å². The number of azo groups is 1. The molecule has 0 aliphatic heterocycles. The SMILES string of the molecule is COc1cc(N)ccc1/N=N/c1ccc([N+](=O)O)c(C)c1. The number of ether oxygens (including phenoxy) is 1. The standard InChI is InChI=1S/C14H15N4O3/c1-9-7-11(4-6-13(9)18(19)20)16-17-12-5-3-10(15)8-14(12)21-2/h3-8H,15H2,1-2H3,(H,19,20)/q+1/b17-16+. The average Bonchev–Trinajstić information content (AvgIpc) is 2.45. The molecule has 0 heterocycles. The van der Waals surface area contributed by atoms with Crippen molar-refractivity contribution in [3.8, 4) is 5.75 Å². The molecule has 0 fully saturated rings. The Kier molecular flexibility index (Phi) is 4.13. The lowest BCUT2D eigenvalue weighted by atomic mass is 10.2. The highest BCUT2D eigenvalue weighted by Gasteiger charge is 2.15. The van der Waals surface area contributed by atoms with Gasteiger partial charge in [-0.1, -0.05) is 0 Å². The van der Waals surface area contributed by atoms with Crippen LogP contribution in [0, 0.1) is 11.8 Å². The van der Waals surface area contributed by atoms with Crippen LogP contribution in [0.2, 0.25) is 0 Å². The molecule has 0 amide bonds. The number of nitrogen functional groups attached to an aromatic ring is 1. The van der Waals surface area contributed by atoms with Crippen molar-refractivity contribution in [2.75, 3.05) is 12.8 Å². The van der Waals surface area contributed by atoms with Gasteiger partial charge in [0.1, 0.15) is 11.4 Å². The van der Waals surface area contributed by atoms with Crippen LogP contribution in [0.5, 0.6) is 5.75 Å². The van der Waals surface area contributed by atoms with Gasteiger partial charge >= 0.3 is 5.69 Å². The minimum atomic E-state index is -0.181. The molecule has 0 radical (unpaired) electrons. The van der Waals surface area contributed by atoms with Crippen molar-refractivity contribution < 1.29 is 14.9 Å². The Balaban J connectivity index is 2.29. The summed E-state index contributed by atoms with van der Waals surface area (Å²) < 4.78 is 5.17. The number of rotatable bonds is 4. The first-order chi connectivity index (χ1) is 10.0. The summed E-state index contributed by atoms with van der Waals surface area (Å²) in [6, 6.07) is 9.75. The maximum absolute atomic E-state index is 10.9. The summed E-state index contributed by atoms with van der Waals surface area (Å²) in [6.45, 7) is 1.69. The zero-order valence-electron chi connectivity index (χ0n) is 11.6. The van der Waals surface area contributed by atoms with Crippen LogP contribution in [0.1, 0.15) is 5.56 Å². The fourth-order valence-electron chi connectivity index (χ4n) is 1.80. The molecule has 2 rings (SSSR count). The number of nitrogens with two attached hydrogens (primary N) is 1. The summed E-state index contributed by atoms with van der Waals surface area (Å²) in [6.07, 6.45) is 0. The monoisotopic (exact) mass is 287 g/mol. The highest BCUT2D eigenvalue weighted by atomic mass is 16.6. The zero-order chi connectivity index (χ0) is 15.4. The van der Waals surface area contributed by atoms with Crippen LogP contribution in [-0.4, -0.2) is 17.2 Å². The van der Waals surface area contributed by atoms with Gasteiger partial charge in [0.25, 0.3) is 4.92 Å². The molecule has 0 aliphatic rings. The molecule has 108 valence electrons. The van der Waals surface area contributed by atoms with Crippen LogP contribution in [0.3, 0.4) is 0 Å². The third-order valence-electron chi connectivity index (χ3n) is 2.86. The summed E-state index contributed by atoms with van der Waals surface area (Å²) in [5, 5.41) is 17.1. The number of benzene rings is 2. The van der Waals surface area contributed by atoms with E-state index in [2.05, 4.69) is 10.2 Å². The third-order valence-corrected chi connectivity index (χ3v) is 2.86. The van der Waals surface area contributed by atoms with Crippen LogP contribution >= 0.6 is 0 Å². The molecule has 3 N–H and O–H groups in total. The molecule has 0 saturated carbocycles. The van der Waals surface area contributed by atoms with Crippen molar-refractivity contribution in [2.24, 2.45) is 10.2 Å². The lowest BCUT2D eigenvalue weighted by Crippen LogP contribution is -1.93. The van der Waals surface area contributed by atoms with Crippen molar-refractivity contribution in [3.05, 3.63) is 46.9 Å². The molecule has 7 heteroatoms. The Morgan fingerprint density at radius 1 is 1.19 bits per heavy atom. The minimum Gasteiger partial charge on any atom is -0.494 e. The fraction of sp³-hybridized carbons (Fsp3) is 0.143. The number of aryl methyl sites for hydroxylation is 1. The largest absolute Gasteiger partial charge is 0.494 e. The van der Waals surface area contributed by atoms with E-state index in [0.29, 0.717) is 28.4 Å². The number of nitrogens with zero attached hydrogens (tertiary/aromatic N) is 3. The van der Waals surface area contributed by atoms with E-state index in [-0.39, 0.29) is 10.6 Å². The van der Waals surface area contributed by atoms with E-state index in [4.69, 9.17) is 15.7 Å². The van der Waals surface area contributed by atoms with E-state index in [1.54, 1.807) is 37.3 Å². The highest BCUT2D eigenvalue weighted by Crippen LogP contribution is 2.31. The maximum Gasteiger partial charge on any atom is 0.319 e. The topological polar surface area (TPSA) is 100 Å². The Bertz CT molecular complexity index is 713. The summed E-state index contributed by atoms with van der Waals surface area (Å²) in [5.74, 6) is 0.521. The number of hydrogen-bond donors (Lipinski definition) is 2. The Labute approximate surface area is 121 Å². The molecule has 7 nitrogen and oxygen atoms in total. The molecule has 0 aliphatic carbocycles. The molecular formula is C14H15N4O3+. The predicted octanol–water partition coefficient (Wildman–Crippen LogP) is 3.80. The van der Waals surface area contributed by atoms with E-state index < -0.39 is 0 Å². The summed E-state index contributed by atoms with van der Waals surface area (Å²) in [7, 11) is 1.52. The second-order valence-corrected chi connectivity index (χ2v) is 4.38.